The van der Waals surface area contributed by atoms with Crippen LogP contribution in [0.5, 0.6) is 0 Å². The van der Waals surface area contributed by atoms with Gasteiger partial charge in [0, 0.05) is 12.2 Å². The van der Waals surface area contributed by atoms with Crippen LogP contribution in [0.1, 0.15) is 350 Å². The molecule has 0 aliphatic heterocycles. The van der Waals surface area contributed by atoms with Crippen LogP contribution >= 0.6 is 0 Å². The quantitative estimate of drug-likeness (QED) is 0.0347. The Morgan fingerprint density at radius 1 is 0.250 bits per heavy atom. The van der Waals surface area contributed by atoms with Crippen LogP contribution in [0.25, 0.3) is 0 Å². The van der Waals surface area contributed by atoms with E-state index in [4.69, 9.17) is 9.47 Å². The molecule has 0 aliphatic rings. The van der Waals surface area contributed by atoms with Crippen molar-refractivity contribution < 1.29 is 19.1 Å². The number of hydrogen-bond donors (Lipinski definition) is 0. The SMILES string of the molecule is CCCCCCCCCCCC(CCCCCCCC)(CCCCCCCC)OC(=O)/C=C/C(=O)OC(CCCCCCCC)(CCCCCCCC)CCCCCCCCCCC. The molecule has 0 bridgehead atoms. The van der Waals surface area contributed by atoms with Crippen molar-refractivity contribution in [1.29, 1.82) is 0 Å². The number of carbonyl (C=O) groups excluding carboxylic acids is 2. The lowest BCUT2D eigenvalue weighted by Gasteiger charge is -2.34. The first-order valence-corrected chi connectivity index (χ1v) is 29.5. The largest absolute Gasteiger partial charge is 0.456 e. The Hall–Kier alpha value is -1.32. The van der Waals surface area contributed by atoms with Crippen LogP contribution in [-0.4, -0.2) is 23.1 Å². The third kappa shape index (κ3) is 39.8. The minimum absolute atomic E-state index is 0.346. The Labute approximate surface area is 402 Å². The summed E-state index contributed by atoms with van der Waals surface area (Å²) >= 11 is 0. The molecular weight excluding hydrogens is 785 g/mol. The molecule has 4 heteroatoms. The van der Waals surface area contributed by atoms with Crippen molar-refractivity contribution in [3.8, 4) is 0 Å². The van der Waals surface area contributed by atoms with Crippen LogP contribution in [0.4, 0.5) is 0 Å². The number of hydrogen-bond acceptors (Lipinski definition) is 4. The van der Waals surface area contributed by atoms with E-state index in [1.165, 1.54) is 243 Å². The molecule has 0 radical (unpaired) electrons. The lowest BCUT2D eigenvalue weighted by Crippen LogP contribution is -2.36. The summed E-state index contributed by atoms with van der Waals surface area (Å²) in [6, 6.07) is 0. The van der Waals surface area contributed by atoms with E-state index in [1.54, 1.807) is 0 Å². The maximum Gasteiger partial charge on any atom is 0.331 e. The van der Waals surface area contributed by atoms with Crippen LogP contribution in [-0.2, 0) is 19.1 Å². The van der Waals surface area contributed by atoms with Gasteiger partial charge in [0.15, 0.2) is 0 Å². The van der Waals surface area contributed by atoms with Gasteiger partial charge < -0.3 is 9.47 Å². The third-order valence-corrected chi connectivity index (χ3v) is 14.4. The summed E-state index contributed by atoms with van der Waals surface area (Å²) < 4.78 is 13.3. The van der Waals surface area contributed by atoms with Crippen LogP contribution in [0, 0.1) is 0 Å². The summed E-state index contributed by atoms with van der Waals surface area (Å²) in [5.74, 6) is -0.692. The molecule has 0 rings (SSSR count). The minimum Gasteiger partial charge on any atom is -0.456 e. The fraction of sp³-hybridized carbons (Fsp3) is 0.933. The van der Waals surface area contributed by atoms with Crippen molar-refractivity contribution in [1.82, 2.24) is 0 Å². The van der Waals surface area contributed by atoms with Gasteiger partial charge in [-0.15, -0.1) is 0 Å². The lowest BCUT2D eigenvalue weighted by atomic mass is 9.84. The number of unbranched alkanes of at least 4 members (excludes halogenated alkanes) is 36. The lowest BCUT2D eigenvalue weighted by molar-refractivity contribution is -0.159. The average Bonchev–Trinajstić information content (AvgIpc) is 3.29. The van der Waals surface area contributed by atoms with Crippen molar-refractivity contribution in [3.05, 3.63) is 12.2 Å². The van der Waals surface area contributed by atoms with E-state index in [1.807, 2.05) is 0 Å². The highest BCUT2D eigenvalue weighted by Crippen LogP contribution is 2.35. The standard InChI is InChI=1S/C60H116O4/c1-7-13-19-25-31-33-35-41-47-55-59(51-43-37-27-21-15-9-3,52-44-38-28-22-16-10-4)63-57(61)49-50-58(62)64-60(53-45-39-29-23-17-11-5,54-46-40-30-24-18-12-6)56-48-42-36-34-32-26-20-14-8-2/h49-50H,7-48,51-56H2,1-6H3/b50-49+. The van der Waals surface area contributed by atoms with Crippen LogP contribution in [0.15, 0.2) is 12.2 Å². The Bertz CT molecular complexity index is 892. The number of rotatable bonds is 52. The predicted octanol–water partition coefficient (Wildman–Crippen LogP) is 21.0. The van der Waals surface area contributed by atoms with Gasteiger partial charge in [0.2, 0.25) is 0 Å². The first-order chi connectivity index (χ1) is 31.4. The molecule has 0 aromatic rings. The smallest absolute Gasteiger partial charge is 0.331 e. The zero-order chi connectivity index (χ0) is 46.9. The normalized spacial score (nSPS) is 12.2. The molecule has 0 aromatic heterocycles. The van der Waals surface area contributed by atoms with Gasteiger partial charge in [-0.3, -0.25) is 0 Å². The highest BCUT2D eigenvalue weighted by atomic mass is 16.6. The first kappa shape index (κ1) is 62.7. The highest BCUT2D eigenvalue weighted by Gasteiger charge is 2.34. The van der Waals surface area contributed by atoms with Gasteiger partial charge in [-0.1, -0.05) is 273 Å². The van der Waals surface area contributed by atoms with Gasteiger partial charge in [0.25, 0.3) is 0 Å². The molecule has 0 heterocycles. The molecule has 4 nitrogen and oxygen atoms in total. The van der Waals surface area contributed by atoms with Crippen LogP contribution < -0.4 is 0 Å². The first-order valence-electron chi connectivity index (χ1n) is 29.5. The van der Waals surface area contributed by atoms with Crippen LogP contribution in [0.2, 0.25) is 0 Å². The Morgan fingerprint density at radius 3 is 0.547 bits per heavy atom. The minimum atomic E-state index is -0.447. The molecule has 0 saturated heterocycles. The summed E-state index contributed by atoms with van der Waals surface area (Å²) in [4.78, 5) is 27.9. The molecular formula is C60H116O4. The van der Waals surface area contributed by atoms with Crippen molar-refractivity contribution in [2.24, 2.45) is 0 Å². The number of carbonyl (C=O) groups is 2. The second-order valence-electron chi connectivity index (χ2n) is 20.8. The van der Waals surface area contributed by atoms with Gasteiger partial charge in [0.1, 0.15) is 11.2 Å². The zero-order valence-corrected chi connectivity index (χ0v) is 44.7. The number of ether oxygens (including phenoxy) is 2. The predicted molar refractivity (Wildman–Crippen MR) is 282 cm³/mol. The van der Waals surface area contributed by atoms with E-state index >= 15 is 0 Å². The van der Waals surface area contributed by atoms with Gasteiger partial charge in [-0.25, -0.2) is 9.59 Å². The van der Waals surface area contributed by atoms with Crippen molar-refractivity contribution in [2.45, 2.75) is 361 Å². The summed E-state index contributed by atoms with van der Waals surface area (Å²) in [5, 5.41) is 0. The summed E-state index contributed by atoms with van der Waals surface area (Å²) in [6.07, 6.45) is 61.4. The molecule has 0 unspecified atom stereocenters. The summed E-state index contributed by atoms with van der Waals surface area (Å²) in [5.41, 5.74) is -0.894. The average molecular weight is 902 g/mol. The van der Waals surface area contributed by atoms with Crippen molar-refractivity contribution in [3.63, 3.8) is 0 Å². The van der Waals surface area contributed by atoms with Crippen molar-refractivity contribution in [2.75, 3.05) is 0 Å². The fourth-order valence-corrected chi connectivity index (χ4v) is 10.1. The van der Waals surface area contributed by atoms with Crippen LogP contribution in [0.3, 0.4) is 0 Å². The molecule has 0 fully saturated rings. The second-order valence-corrected chi connectivity index (χ2v) is 20.8. The van der Waals surface area contributed by atoms with E-state index in [0.717, 1.165) is 77.0 Å². The topological polar surface area (TPSA) is 52.6 Å². The number of esters is 2. The molecule has 0 aromatic carbocycles. The monoisotopic (exact) mass is 901 g/mol. The highest BCUT2D eigenvalue weighted by molar-refractivity contribution is 5.92. The maximum absolute atomic E-state index is 14.0. The molecule has 0 amide bonds. The van der Waals surface area contributed by atoms with E-state index in [0.29, 0.717) is 0 Å². The zero-order valence-electron chi connectivity index (χ0n) is 44.7. The van der Waals surface area contributed by atoms with E-state index in [-0.39, 0.29) is 11.9 Å². The molecule has 64 heavy (non-hydrogen) atoms. The maximum atomic E-state index is 14.0. The van der Waals surface area contributed by atoms with Gasteiger partial charge in [0.05, 0.1) is 0 Å². The summed E-state index contributed by atoms with van der Waals surface area (Å²) in [6.45, 7) is 13.7. The molecule has 0 saturated carbocycles. The Kier molecular flexibility index (Phi) is 47.2. The van der Waals surface area contributed by atoms with Gasteiger partial charge in [-0.05, 0) is 77.0 Å². The molecule has 0 N–H and O–H groups in total. The Balaban J connectivity index is 6.14. The summed E-state index contributed by atoms with van der Waals surface area (Å²) in [7, 11) is 0. The van der Waals surface area contributed by atoms with Gasteiger partial charge in [-0.2, -0.15) is 0 Å². The van der Waals surface area contributed by atoms with E-state index < -0.39 is 11.2 Å². The molecule has 0 aliphatic carbocycles. The molecule has 380 valence electrons. The molecule has 0 atom stereocenters. The van der Waals surface area contributed by atoms with E-state index in [2.05, 4.69) is 41.5 Å². The van der Waals surface area contributed by atoms with E-state index in [9.17, 15) is 9.59 Å². The Morgan fingerprint density at radius 2 is 0.391 bits per heavy atom. The van der Waals surface area contributed by atoms with Gasteiger partial charge >= 0.3 is 11.9 Å². The third-order valence-electron chi connectivity index (χ3n) is 14.4. The second kappa shape index (κ2) is 48.1. The fourth-order valence-electron chi connectivity index (χ4n) is 10.1. The molecule has 0 spiro atoms. The van der Waals surface area contributed by atoms with Crippen molar-refractivity contribution >= 4 is 11.9 Å².